The topological polar surface area (TPSA) is 64.1 Å². The molecule has 1 aliphatic rings. The molecule has 1 unspecified atom stereocenters. The van der Waals surface area contributed by atoms with Crippen LogP contribution in [0.5, 0.6) is 0 Å². The van der Waals surface area contributed by atoms with Gasteiger partial charge in [-0.1, -0.05) is 35.3 Å². The summed E-state index contributed by atoms with van der Waals surface area (Å²) >= 11 is 12.2. The third-order valence-corrected chi connectivity index (χ3v) is 4.80. The van der Waals surface area contributed by atoms with E-state index in [1.165, 1.54) is 14.0 Å². The monoisotopic (exact) mass is 397 g/mol. The molecule has 0 saturated heterocycles. The van der Waals surface area contributed by atoms with Gasteiger partial charge in [0.25, 0.3) is 0 Å². The molecule has 0 radical (unpaired) electrons. The van der Waals surface area contributed by atoms with Crippen LogP contribution in [0.15, 0.2) is 24.3 Å². The maximum atomic E-state index is 15.1. The van der Waals surface area contributed by atoms with Crippen LogP contribution in [0.3, 0.4) is 0 Å². The minimum atomic E-state index is -1.72. The number of carbonyl (C=O) groups excluding carboxylic acids is 1. The predicted octanol–water partition coefficient (Wildman–Crippen LogP) is 4.74. The molecule has 1 heterocycles. The second-order valence-electron chi connectivity index (χ2n) is 6.42. The van der Waals surface area contributed by atoms with Crippen molar-refractivity contribution in [3.63, 3.8) is 0 Å². The van der Waals surface area contributed by atoms with Crippen LogP contribution in [-0.2, 0) is 10.4 Å². The molecule has 1 aromatic heterocycles. The lowest BCUT2D eigenvalue weighted by Gasteiger charge is -2.22. The first kappa shape index (κ1) is 18.9. The summed E-state index contributed by atoms with van der Waals surface area (Å²) in [6.45, 7) is 1.33. The van der Waals surface area contributed by atoms with E-state index in [2.05, 4.69) is 15.3 Å². The van der Waals surface area contributed by atoms with Gasteiger partial charge in [-0.15, -0.1) is 0 Å². The third kappa shape index (κ3) is 4.07. The van der Waals surface area contributed by atoms with Gasteiger partial charge in [0.05, 0.1) is 13.7 Å². The molecule has 0 aliphatic heterocycles. The summed E-state index contributed by atoms with van der Waals surface area (Å²) in [4.78, 5) is 20.5. The number of carbonyl (C=O) groups is 1. The molecule has 26 heavy (non-hydrogen) atoms. The molecule has 8 heteroatoms. The molecule has 3 rings (SSSR count). The molecule has 0 amide bonds. The molecular formula is C18H18Cl2FN3O2. The average Bonchev–Trinajstić information content (AvgIpc) is 3.45. The molecule has 1 aromatic carbocycles. The Kier molecular flexibility index (Phi) is 5.34. The van der Waals surface area contributed by atoms with Gasteiger partial charge in [0.15, 0.2) is 5.69 Å². The Morgan fingerprint density at radius 1 is 1.38 bits per heavy atom. The van der Waals surface area contributed by atoms with Crippen molar-refractivity contribution in [3.05, 3.63) is 51.4 Å². The highest BCUT2D eigenvalue weighted by molar-refractivity contribution is 6.35. The summed E-state index contributed by atoms with van der Waals surface area (Å²) in [6.07, 6.45) is 1.90. The number of alkyl halides is 1. The maximum absolute atomic E-state index is 15.1. The third-order valence-electron chi connectivity index (χ3n) is 4.20. The molecule has 0 spiro atoms. The Labute approximate surface area is 160 Å². The molecule has 1 saturated carbocycles. The smallest absolute Gasteiger partial charge is 0.358 e. The van der Waals surface area contributed by atoms with Gasteiger partial charge >= 0.3 is 5.97 Å². The lowest BCUT2D eigenvalue weighted by molar-refractivity contribution is 0.0593. The Morgan fingerprint density at radius 3 is 2.73 bits per heavy atom. The molecule has 5 nitrogen and oxygen atoms in total. The zero-order valence-corrected chi connectivity index (χ0v) is 15.9. The SMILES string of the molecule is COC(=O)c1nc(C2CC2)nc(NCC(C)(F)c2cccc(Cl)c2)c1Cl. The van der Waals surface area contributed by atoms with Crippen LogP contribution in [0.4, 0.5) is 10.2 Å². The number of hydrogen-bond acceptors (Lipinski definition) is 5. The van der Waals surface area contributed by atoms with E-state index >= 15 is 4.39 Å². The lowest BCUT2D eigenvalue weighted by Crippen LogP contribution is -2.27. The van der Waals surface area contributed by atoms with Crippen LogP contribution >= 0.6 is 23.2 Å². The van der Waals surface area contributed by atoms with Gasteiger partial charge in [0.1, 0.15) is 22.3 Å². The molecule has 2 aromatic rings. The van der Waals surface area contributed by atoms with E-state index in [-0.39, 0.29) is 29.0 Å². The summed E-state index contributed by atoms with van der Waals surface area (Å²) in [5.41, 5.74) is -1.31. The first-order valence-corrected chi connectivity index (χ1v) is 8.92. The number of methoxy groups -OCH3 is 1. The van der Waals surface area contributed by atoms with Crippen molar-refractivity contribution in [2.75, 3.05) is 19.0 Å². The molecule has 1 atom stereocenters. The molecule has 1 N–H and O–H groups in total. The van der Waals surface area contributed by atoms with Gasteiger partial charge in [0.2, 0.25) is 0 Å². The number of anilines is 1. The number of rotatable bonds is 6. The van der Waals surface area contributed by atoms with Crippen molar-refractivity contribution in [2.24, 2.45) is 0 Å². The van der Waals surface area contributed by atoms with Crippen LogP contribution in [0.25, 0.3) is 0 Å². The van der Waals surface area contributed by atoms with E-state index in [0.717, 1.165) is 12.8 Å². The fourth-order valence-corrected chi connectivity index (χ4v) is 2.92. The summed E-state index contributed by atoms with van der Waals surface area (Å²) in [6, 6.07) is 6.60. The molecule has 1 aliphatic carbocycles. The first-order valence-electron chi connectivity index (χ1n) is 8.16. The quantitative estimate of drug-likeness (QED) is 0.712. The van der Waals surface area contributed by atoms with E-state index in [1.54, 1.807) is 24.3 Å². The summed E-state index contributed by atoms with van der Waals surface area (Å²) in [5, 5.41) is 3.38. The molecule has 1 fully saturated rings. The highest BCUT2D eigenvalue weighted by atomic mass is 35.5. The van der Waals surface area contributed by atoms with Gasteiger partial charge < -0.3 is 10.1 Å². The fraction of sp³-hybridized carbons (Fsp3) is 0.389. The van der Waals surface area contributed by atoms with Gasteiger partial charge in [-0.25, -0.2) is 19.2 Å². The van der Waals surface area contributed by atoms with Gasteiger partial charge in [-0.3, -0.25) is 0 Å². The maximum Gasteiger partial charge on any atom is 0.358 e. The van der Waals surface area contributed by atoms with E-state index in [4.69, 9.17) is 27.9 Å². The van der Waals surface area contributed by atoms with Crippen molar-refractivity contribution >= 4 is 35.0 Å². The van der Waals surface area contributed by atoms with Crippen molar-refractivity contribution < 1.29 is 13.9 Å². The summed E-state index contributed by atoms with van der Waals surface area (Å²) < 4.78 is 19.8. The largest absolute Gasteiger partial charge is 0.464 e. The lowest BCUT2D eigenvalue weighted by atomic mass is 9.98. The highest BCUT2D eigenvalue weighted by Crippen LogP contribution is 2.40. The average molecular weight is 398 g/mol. The Bertz CT molecular complexity index is 841. The minimum Gasteiger partial charge on any atom is -0.464 e. The number of halogens is 3. The number of ether oxygens (including phenoxy) is 1. The number of nitrogens with one attached hydrogen (secondary N) is 1. The highest BCUT2D eigenvalue weighted by Gasteiger charge is 2.31. The number of hydrogen-bond donors (Lipinski definition) is 1. The minimum absolute atomic E-state index is 0.0168. The summed E-state index contributed by atoms with van der Waals surface area (Å²) in [7, 11) is 1.25. The van der Waals surface area contributed by atoms with Crippen LogP contribution in [0.1, 0.15) is 47.6 Å². The number of nitrogens with zero attached hydrogens (tertiary/aromatic N) is 2. The van der Waals surface area contributed by atoms with Crippen molar-refractivity contribution in [2.45, 2.75) is 31.4 Å². The molecule has 0 bridgehead atoms. The second kappa shape index (κ2) is 7.37. The van der Waals surface area contributed by atoms with E-state index in [1.807, 2.05) is 0 Å². The van der Waals surface area contributed by atoms with Crippen LogP contribution < -0.4 is 5.32 Å². The van der Waals surface area contributed by atoms with Crippen molar-refractivity contribution in [1.29, 1.82) is 0 Å². The van der Waals surface area contributed by atoms with Crippen molar-refractivity contribution in [3.8, 4) is 0 Å². The standard InChI is InChI=1S/C18H18Cl2FN3O2/c1-18(21,11-4-3-5-12(19)8-11)9-22-16-13(20)14(17(25)26-2)23-15(24-16)10-6-7-10/h3-5,8,10H,6-7,9H2,1-2H3,(H,22,23,24). The molecular weight excluding hydrogens is 380 g/mol. The Morgan fingerprint density at radius 2 is 2.12 bits per heavy atom. The first-order chi connectivity index (χ1) is 12.3. The molecule has 138 valence electrons. The van der Waals surface area contributed by atoms with E-state index in [9.17, 15) is 4.79 Å². The van der Waals surface area contributed by atoms with Gasteiger partial charge in [-0.05, 0) is 37.5 Å². The predicted molar refractivity (Wildman–Crippen MR) is 98.8 cm³/mol. The second-order valence-corrected chi connectivity index (χ2v) is 7.23. The van der Waals surface area contributed by atoms with Gasteiger partial charge in [-0.2, -0.15) is 0 Å². The van der Waals surface area contributed by atoms with E-state index < -0.39 is 11.6 Å². The summed E-state index contributed by atoms with van der Waals surface area (Å²) in [5.74, 6) is 0.275. The van der Waals surface area contributed by atoms with Crippen LogP contribution in [-0.4, -0.2) is 29.6 Å². The van der Waals surface area contributed by atoms with Crippen LogP contribution in [0.2, 0.25) is 10.0 Å². The zero-order chi connectivity index (χ0) is 18.9. The Balaban J connectivity index is 1.87. The van der Waals surface area contributed by atoms with Gasteiger partial charge in [0, 0.05) is 10.9 Å². The number of aromatic nitrogens is 2. The van der Waals surface area contributed by atoms with Crippen molar-refractivity contribution in [1.82, 2.24) is 9.97 Å². The Hall–Kier alpha value is -1.92. The van der Waals surface area contributed by atoms with Crippen LogP contribution in [0, 0.1) is 0 Å². The fourth-order valence-electron chi connectivity index (χ4n) is 2.50. The number of benzene rings is 1. The normalized spacial score (nSPS) is 16.0. The zero-order valence-electron chi connectivity index (χ0n) is 14.4. The number of esters is 1. The van der Waals surface area contributed by atoms with E-state index in [0.29, 0.717) is 16.4 Å².